The molecule has 1 saturated heterocycles. The minimum absolute atomic E-state index is 0.0309. The lowest BCUT2D eigenvalue weighted by Crippen LogP contribution is -2.51. The Morgan fingerprint density at radius 2 is 1.93 bits per heavy atom. The van der Waals surface area contributed by atoms with E-state index in [0.29, 0.717) is 17.7 Å². The van der Waals surface area contributed by atoms with Gasteiger partial charge in [-0.2, -0.15) is 0 Å². The number of ether oxygens (including phenoxy) is 2. The molecule has 0 radical (unpaired) electrons. The number of alkyl halides is 3. The quantitative estimate of drug-likeness (QED) is 0.765. The van der Waals surface area contributed by atoms with E-state index < -0.39 is 12.0 Å². The largest absolute Gasteiger partial charge is 0.573 e. The molecule has 0 aromatic heterocycles. The van der Waals surface area contributed by atoms with Crippen molar-refractivity contribution in [1.82, 2.24) is 5.32 Å². The van der Waals surface area contributed by atoms with Crippen molar-refractivity contribution < 1.29 is 22.6 Å². The first-order valence-corrected chi connectivity index (χ1v) is 9.83. The molecule has 4 unspecified atom stereocenters. The second-order valence-corrected chi connectivity index (χ2v) is 7.96. The van der Waals surface area contributed by atoms with Crippen LogP contribution in [0.15, 0.2) is 48.5 Å². The van der Waals surface area contributed by atoms with Gasteiger partial charge in [-0.05, 0) is 66.8 Å². The van der Waals surface area contributed by atoms with Crippen molar-refractivity contribution in [3.05, 3.63) is 59.7 Å². The number of rotatable bonds is 5. The van der Waals surface area contributed by atoms with Crippen molar-refractivity contribution in [2.45, 2.75) is 43.8 Å². The van der Waals surface area contributed by atoms with Gasteiger partial charge in [0.05, 0.1) is 12.8 Å². The highest BCUT2D eigenvalue weighted by Gasteiger charge is 2.53. The molecule has 3 N–H and O–H groups in total. The Kier molecular flexibility index (Phi) is 5.21. The molecule has 29 heavy (non-hydrogen) atoms. The van der Waals surface area contributed by atoms with E-state index in [1.54, 1.807) is 0 Å². The molecule has 4 atom stereocenters. The molecule has 1 heterocycles. The average Bonchev–Trinajstić information content (AvgIpc) is 3.17. The molecule has 0 spiro atoms. The van der Waals surface area contributed by atoms with E-state index in [4.69, 9.17) is 10.5 Å². The summed E-state index contributed by atoms with van der Waals surface area (Å²) in [6, 6.07) is 14.3. The Hall–Kier alpha value is -2.25. The number of hydrogen-bond donors (Lipinski definition) is 2. The van der Waals surface area contributed by atoms with Gasteiger partial charge in [0.15, 0.2) is 0 Å². The van der Waals surface area contributed by atoms with Crippen molar-refractivity contribution in [1.29, 1.82) is 0 Å². The van der Waals surface area contributed by atoms with Crippen LogP contribution in [0.1, 0.15) is 36.4 Å². The van der Waals surface area contributed by atoms with Crippen LogP contribution < -0.4 is 20.5 Å². The number of nitrogens with two attached hydrogens (primary N) is 1. The molecule has 0 bridgehead atoms. The summed E-state index contributed by atoms with van der Waals surface area (Å²) < 4.78 is 47.6. The number of methoxy groups -OCH3 is 1. The monoisotopic (exact) mass is 406 g/mol. The van der Waals surface area contributed by atoms with Gasteiger partial charge in [-0.3, -0.25) is 5.32 Å². The number of fused-ring (bicyclic) bond motifs is 1. The molecular formula is C22H25F3N2O2. The first kappa shape index (κ1) is 20.0. The summed E-state index contributed by atoms with van der Waals surface area (Å²) in [5, 5.41) is 3.63. The lowest BCUT2D eigenvalue weighted by molar-refractivity contribution is -0.274. The normalized spacial score (nSPS) is 28.9. The summed E-state index contributed by atoms with van der Waals surface area (Å²) in [4.78, 5) is 0. The molecule has 1 aliphatic heterocycles. The maximum Gasteiger partial charge on any atom is 0.573 e. The zero-order chi connectivity index (χ0) is 20.6. The Balaban J connectivity index is 1.67. The molecule has 4 rings (SSSR count). The van der Waals surface area contributed by atoms with Crippen LogP contribution in [0.25, 0.3) is 0 Å². The van der Waals surface area contributed by atoms with Gasteiger partial charge in [-0.1, -0.05) is 30.3 Å². The van der Waals surface area contributed by atoms with Gasteiger partial charge < -0.3 is 15.2 Å². The van der Waals surface area contributed by atoms with Gasteiger partial charge in [0.1, 0.15) is 11.5 Å². The third kappa shape index (κ3) is 4.07. The molecule has 156 valence electrons. The molecule has 2 aromatic carbocycles. The molecule has 4 nitrogen and oxygen atoms in total. The summed E-state index contributed by atoms with van der Waals surface area (Å²) in [7, 11) is 1.52. The molecular weight excluding hydrogens is 381 g/mol. The smallest absolute Gasteiger partial charge is 0.496 e. The first-order chi connectivity index (χ1) is 13.8. The second-order valence-electron chi connectivity index (χ2n) is 7.96. The molecule has 1 aliphatic carbocycles. The van der Waals surface area contributed by atoms with Crippen molar-refractivity contribution in [2.24, 2.45) is 17.6 Å². The van der Waals surface area contributed by atoms with E-state index >= 15 is 0 Å². The standard InChI is InChI=1S/C22H25F3N2O2/c1-28-19-10-9-16(29-22(23,24)25)12-15(19)13-17-18-8-5-11-21(18,26)27-20(17)14-6-3-2-4-7-14/h2-4,6-7,9-10,12,17-18,20,27H,5,8,11,13,26H2,1H3. The average molecular weight is 406 g/mol. The molecule has 2 aliphatic rings. The van der Waals surface area contributed by atoms with E-state index in [-0.39, 0.29) is 23.6 Å². The van der Waals surface area contributed by atoms with E-state index in [2.05, 4.69) is 22.2 Å². The van der Waals surface area contributed by atoms with Crippen LogP contribution in [0.4, 0.5) is 13.2 Å². The zero-order valence-electron chi connectivity index (χ0n) is 16.2. The van der Waals surface area contributed by atoms with Gasteiger partial charge in [-0.15, -0.1) is 13.2 Å². The predicted molar refractivity (Wildman–Crippen MR) is 103 cm³/mol. The molecule has 2 fully saturated rings. The minimum Gasteiger partial charge on any atom is -0.496 e. The fourth-order valence-electron chi connectivity index (χ4n) is 5.08. The van der Waals surface area contributed by atoms with Gasteiger partial charge in [0, 0.05) is 6.04 Å². The van der Waals surface area contributed by atoms with Crippen molar-refractivity contribution in [3.63, 3.8) is 0 Å². The van der Waals surface area contributed by atoms with E-state index in [1.165, 1.54) is 25.3 Å². The molecule has 7 heteroatoms. The molecule has 2 aromatic rings. The van der Waals surface area contributed by atoms with E-state index in [1.807, 2.05) is 18.2 Å². The van der Waals surface area contributed by atoms with Crippen LogP contribution in [0.3, 0.4) is 0 Å². The van der Waals surface area contributed by atoms with E-state index in [9.17, 15) is 13.2 Å². The van der Waals surface area contributed by atoms with Crippen LogP contribution in [0.2, 0.25) is 0 Å². The van der Waals surface area contributed by atoms with Crippen LogP contribution in [0.5, 0.6) is 11.5 Å². The fraction of sp³-hybridized carbons (Fsp3) is 0.455. The molecule has 1 saturated carbocycles. The summed E-state index contributed by atoms with van der Waals surface area (Å²) >= 11 is 0. The zero-order valence-corrected chi connectivity index (χ0v) is 16.2. The van der Waals surface area contributed by atoms with E-state index in [0.717, 1.165) is 24.8 Å². The Morgan fingerprint density at radius 1 is 1.17 bits per heavy atom. The summed E-state index contributed by atoms with van der Waals surface area (Å²) in [6.45, 7) is 0. The van der Waals surface area contributed by atoms with Crippen LogP contribution >= 0.6 is 0 Å². The highest BCUT2D eigenvalue weighted by molar-refractivity contribution is 5.41. The van der Waals surface area contributed by atoms with Crippen molar-refractivity contribution in [3.8, 4) is 11.5 Å². The highest BCUT2D eigenvalue weighted by Crippen LogP contribution is 2.50. The third-order valence-electron chi connectivity index (χ3n) is 6.24. The van der Waals surface area contributed by atoms with Crippen LogP contribution in [0, 0.1) is 11.8 Å². The minimum atomic E-state index is -4.73. The Morgan fingerprint density at radius 3 is 2.62 bits per heavy atom. The fourth-order valence-corrected chi connectivity index (χ4v) is 5.08. The maximum absolute atomic E-state index is 12.7. The maximum atomic E-state index is 12.7. The van der Waals surface area contributed by atoms with Gasteiger partial charge in [0.2, 0.25) is 0 Å². The van der Waals surface area contributed by atoms with Gasteiger partial charge >= 0.3 is 6.36 Å². The topological polar surface area (TPSA) is 56.5 Å². The third-order valence-corrected chi connectivity index (χ3v) is 6.24. The van der Waals surface area contributed by atoms with Crippen LogP contribution in [-0.4, -0.2) is 19.1 Å². The van der Waals surface area contributed by atoms with Crippen LogP contribution in [-0.2, 0) is 6.42 Å². The summed E-state index contributed by atoms with van der Waals surface area (Å²) in [5.74, 6) is 0.698. The summed E-state index contributed by atoms with van der Waals surface area (Å²) in [5.41, 5.74) is 8.09. The number of nitrogens with one attached hydrogen (secondary N) is 1. The second kappa shape index (κ2) is 7.54. The lowest BCUT2D eigenvalue weighted by Gasteiger charge is -2.26. The van der Waals surface area contributed by atoms with Crippen molar-refractivity contribution >= 4 is 0 Å². The first-order valence-electron chi connectivity index (χ1n) is 9.83. The number of hydrogen-bond acceptors (Lipinski definition) is 4. The Labute approximate surface area is 168 Å². The Bertz CT molecular complexity index is 859. The van der Waals surface area contributed by atoms with Gasteiger partial charge in [0.25, 0.3) is 0 Å². The number of benzene rings is 2. The van der Waals surface area contributed by atoms with Gasteiger partial charge in [-0.25, -0.2) is 0 Å². The number of halogens is 3. The SMILES string of the molecule is COc1ccc(OC(F)(F)F)cc1CC1C(c2ccccc2)NC2(N)CCCC12. The molecule has 0 amide bonds. The lowest BCUT2D eigenvalue weighted by atomic mass is 9.79. The van der Waals surface area contributed by atoms with Crippen molar-refractivity contribution in [2.75, 3.05) is 7.11 Å². The summed E-state index contributed by atoms with van der Waals surface area (Å²) in [6.07, 6.45) is -1.25. The predicted octanol–water partition coefficient (Wildman–Crippen LogP) is 4.55. The highest BCUT2D eigenvalue weighted by atomic mass is 19.4.